The second-order valence-corrected chi connectivity index (χ2v) is 31.9. The number of ether oxygens (including phenoxy) is 4. The summed E-state index contributed by atoms with van der Waals surface area (Å²) in [7, 11) is 6.21. The maximum absolute atomic E-state index is 14.8. The number of anilines is 2. The van der Waals surface area contributed by atoms with Crippen molar-refractivity contribution >= 4 is 64.4 Å². The van der Waals surface area contributed by atoms with E-state index >= 15 is 0 Å². The number of carbonyl (C=O) groups is 7. The van der Waals surface area contributed by atoms with Gasteiger partial charge in [-0.05, 0) is 184 Å². The number of nitrogens with zero attached hydrogens (tertiary/aromatic N) is 8. The fraction of sp³-hybridized carbons (Fsp3) is 0.258. The van der Waals surface area contributed by atoms with E-state index in [0.717, 1.165) is 23.3 Å². The van der Waals surface area contributed by atoms with Crippen molar-refractivity contribution in [2.24, 2.45) is 17.6 Å². The highest BCUT2D eigenvalue weighted by Gasteiger charge is 2.37. The molecule has 0 saturated carbocycles. The summed E-state index contributed by atoms with van der Waals surface area (Å²) in [5.74, 6) is -3.39. The first-order valence-electron chi connectivity index (χ1n) is 41.0. The molecule has 12 aromatic rings. The number of pyridine rings is 7. The van der Waals surface area contributed by atoms with Crippen LogP contribution in [-0.4, -0.2) is 133 Å². The molecule has 676 valence electrons. The van der Waals surface area contributed by atoms with Crippen LogP contribution < -0.4 is 52.1 Å². The number of aromatic nitrogens is 7. The zero-order valence-corrected chi connectivity index (χ0v) is 74.0. The molecule has 1 unspecified atom stereocenters. The van der Waals surface area contributed by atoms with Gasteiger partial charge in [0.25, 0.3) is 23.6 Å². The molecule has 0 fully saturated rings. The van der Waals surface area contributed by atoms with Gasteiger partial charge < -0.3 is 62.1 Å². The van der Waals surface area contributed by atoms with Crippen LogP contribution in [-0.2, 0) is 45.3 Å². The van der Waals surface area contributed by atoms with Crippen molar-refractivity contribution < 1.29 is 84.0 Å². The summed E-state index contributed by atoms with van der Waals surface area (Å²) in [6.45, 7) is 15.9. The molecule has 7 aromatic heterocycles. The standard InChI is InChI=1S/C32H30F2N4O4.C24H21F2N3O2.C23H18ClF2NO3.C9H13N3O.C6H6N2O2.C3H9N/c1-18(2)36-31(39)19-8-10-22(35-15-19)12-21-13-26(30-24(33)6-5-7-25(30)34)37-27-17-38(32(40)29(21)27)16-20-9-11-23(41-3)14-28(20)42-4;1-13(2)8-21(30)14-6-7-16(27-11-14)9-15-10-19(23-17(25)4-3-5-18(23)26)29-20-12-28-24(31)22(15)20;1-29-14-7-6-12(20(10-14)30-2)8-13-9-18-21(23(13)28)15(24)11-19(27-18)22-16(25)4-3-5-17(22)26;1-6(2)12-9(13)7-3-4-8(10)11-5-7;7-5-2-1-4(3-8-5)6(9)10;1-3(2)4/h5-11,13-15,18H,12,16-17H2,1-4H3,(H,36,39);3-7,10-11,13H,8-9,12H2,1-2H3,(H,28,31);3-7,10-11,13H,8-9H2,1-2H3;3-6H,1-2H3,(H2,10,11)(H,12,13);1-3H,(H2,7,8)(H,9,10);3H,4H2,1-2H3. The first-order chi connectivity index (χ1) is 62.0. The summed E-state index contributed by atoms with van der Waals surface area (Å²) in [6, 6.07) is 39.4. The second-order valence-electron chi connectivity index (χ2n) is 31.4. The van der Waals surface area contributed by atoms with Crippen molar-refractivity contribution in [2.45, 2.75) is 125 Å². The number of rotatable bonds is 23. The van der Waals surface area contributed by atoms with E-state index in [9.17, 15) is 59.9 Å². The molecular formula is C97H97ClF6N14O12. The van der Waals surface area contributed by atoms with Crippen LogP contribution >= 0.6 is 11.6 Å². The highest BCUT2D eigenvalue weighted by molar-refractivity contribution is 6.34. The van der Waals surface area contributed by atoms with Crippen molar-refractivity contribution in [3.63, 3.8) is 0 Å². The zero-order valence-electron chi connectivity index (χ0n) is 73.3. The Morgan fingerprint density at radius 1 is 0.500 bits per heavy atom. The van der Waals surface area contributed by atoms with Gasteiger partial charge in [-0.3, -0.25) is 43.7 Å². The minimum absolute atomic E-state index is 0.0237. The minimum Gasteiger partial charge on any atom is -0.497 e. The van der Waals surface area contributed by atoms with E-state index in [0.29, 0.717) is 133 Å². The van der Waals surface area contributed by atoms with Gasteiger partial charge in [0.2, 0.25) is 0 Å². The zero-order chi connectivity index (χ0) is 94.5. The lowest BCUT2D eigenvalue weighted by Crippen LogP contribution is -2.30. The Bertz CT molecular complexity index is 6070. The number of nitrogens with one attached hydrogen (secondary N) is 3. The number of nitrogens with two attached hydrogens (primary N) is 3. The highest BCUT2D eigenvalue weighted by atomic mass is 35.5. The number of amides is 4. The molecule has 3 aliphatic rings. The number of hydrogen-bond donors (Lipinski definition) is 7. The van der Waals surface area contributed by atoms with Gasteiger partial charge in [-0.2, -0.15) is 0 Å². The summed E-state index contributed by atoms with van der Waals surface area (Å²) in [6.07, 6.45) is 7.32. The molecule has 9 heterocycles. The van der Waals surface area contributed by atoms with Crippen molar-refractivity contribution in [1.29, 1.82) is 0 Å². The lowest BCUT2D eigenvalue weighted by Gasteiger charge is -2.18. The average Bonchev–Trinajstić information content (AvgIpc) is 1.46. The van der Waals surface area contributed by atoms with E-state index in [2.05, 4.69) is 50.8 Å². The van der Waals surface area contributed by atoms with Crippen molar-refractivity contribution in [3.8, 4) is 56.8 Å². The molecule has 15 rings (SSSR count). The monoisotopic (exact) mass is 1800 g/mol. The number of aromatic carboxylic acids is 1. The molecule has 1 atom stereocenters. The molecule has 4 amide bonds. The highest BCUT2D eigenvalue weighted by Crippen LogP contribution is 2.40. The maximum atomic E-state index is 14.8. The molecule has 130 heavy (non-hydrogen) atoms. The van der Waals surface area contributed by atoms with E-state index < -0.39 is 46.8 Å². The van der Waals surface area contributed by atoms with Gasteiger partial charge >= 0.3 is 5.97 Å². The first-order valence-corrected chi connectivity index (χ1v) is 41.4. The summed E-state index contributed by atoms with van der Waals surface area (Å²) in [4.78, 5) is 116. The number of hydrogen-bond acceptors (Lipinski definition) is 21. The normalized spacial score (nSPS) is 12.6. The van der Waals surface area contributed by atoms with Crippen LogP contribution in [0.15, 0.2) is 183 Å². The number of carboxylic acids is 1. The number of Topliss-reactive ketones (excluding diaryl/α,β-unsaturated/α-hetero) is 2. The second kappa shape index (κ2) is 44.8. The van der Waals surface area contributed by atoms with Crippen LogP contribution in [0.1, 0.15) is 185 Å². The molecule has 0 saturated heterocycles. The fourth-order valence-electron chi connectivity index (χ4n) is 13.9. The van der Waals surface area contributed by atoms with Crippen LogP contribution in [0.25, 0.3) is 33.8 Å². The quantitative estimate of drug-likeness (QED) is 0.0231. The van der Waals surface area contributed by atoms with E-state index in [4.69, 9.17) is 52.9 Å². The number of fused-ring (bicyclic) bond motifs is 3. The van der Waals surface area contributed by atoms with E-state index in [1.54, 1.807) is 94.0 Å². The molecule has 2 aliphatic heterocycles. The smallest absolute Gasteiger partial charge is 0.337 e. The molecule has 0 spiro atoms. The van der Waals surface area contributed by atoms with Gasteiger partial charge in [-0.25, -0.2) is 51.1 Å². The fourth-order valence-corrected chi connectivity index (χ4v) is 14.2. The SMILES string of the molecule is CC(C)CC(=O)c1ccc(Cc2cc(-c3c(F)cccc3F)nc3c2C(=O)NC3)nc1.CC(C)N.CC(C)NC(=O)c1ccc(N)nc1.COc1ccc(CC2Cc3nc(-c4c(F)cccc4F)cc(Cl)c3C2=O)c(OC)c1.COc1ccc(CN2Cc3nc(-c4c(F)cccc4F)cc(Cc4ccc(C(=O)NC(C)C)cn4)c3C2=O)c(OC)c1.Nc1ccc(C(=O)O)cn1. The summed E-state index contributed by atoms with van der Waals surface area (Å²) < 4.78 is 108. The third kappa shape index (κ3) is 25.2. The molecule has 0 radical (unpaired) electrons. The van der Waals surface area contributed by atoms with Crippen LogP contribution in [0.5, 0.6) is 23.0 Å². The van der Waals surface area contributed by atoms with Gasteiger partial charge in [0.1, 0.15) is 69.5 Å². The number of ketones is 2. The Morgan fingerprint density at radius 2 is 0.923 bits per heavy atom. The van der Waals surface area contributed by atoms with E-state index in [1.165, 1.54) is 97.6 Å². The Morgan fingerprint density at radius 3 is 1.35 bits per heavy atom. The number of benzene rings is 5. The average molecular weight is 1800 g/mol. The molecule has 1 aliphatic carbocycles. The van der Waals surface area contributed by atoms with Crippen molar-refractivity contribution in [3.05, 3.63) is 312 Å². The van der Waals surface area contributed by atoms with Crippen molar-refractivity contribution in [1.82, 2.24) is 55.7 Å². The lowest BCUT2D eigenvalue weighted by molar-refractivity contribution is 0.0694. The van der Waals surface area contributed by atoms with Gasteiger partial charge in [-0.1, -0.05) is 63.6 Å². The lowest BCUT2D eigenvalue weighted by atomic mass is 9.95. The first kappa shape index (κ1) is 97.7. The number of carboxylic acid groups (broad SMARTS) is 1. The number of carbonyl (C=O) groups excluding carboxylic acids is 6. The molecule has 10 N–H and O–H groups in total. The van der Waals surface area contributed by atoms with Gasteiger partial charge in [-0.15, -0.1) is 0 Å². The Hall–Kier alpha value is -14.5. The minimum atomic E-state index is -0.993. The third-order valence-electron chi connectivity index (χ3n) is 19.9. The van der Waals surface area contributed by atoms with Gasteiger partial charge in [0.15, 0.2) is 11.6 Å². The molecule has 33 heteroatoms. The molecule has 5 aromatic carbocycles. The van der Waals surface area contributed by atoms with Crippen LogP contribution in [0.3, 0.4) is 0 Å². The predicted molar refractivity (Wildman–Crippen MR) is 480 cm³/mol. The van der Waals surface area contributed by atoms with Gasteiger partial charge in [0, 0.05) is 103 Å². The maximum Gasteiger partial charge on any atom is 0.337 e. The topological polar surface area (TPSA) is 384 Å². The largest absolute Gasteiger partial charge is 0.497 e. The summed E-state index contributed by atoms with van der Waals surface area (Å²) >= 11 is 6.34. The van der Waals surface area contributed by atoms with Gasteiger partial charge in [0.05, 0.1) is 137 Å². The van der Waals surface area contributed by atoms with Crippen LogP contribution in [0.4, 0.5) is 38.0 Å². The number of halogens is 7. The molecule has 26 nitrogen and oxygen atoms in total. The van der Waals surface area contributed by atoms with E-state index in [1.807, 2.05) is 67.5 Å². The van der Waals surface area contributed by atoms with Crippen LogP contribution in [0, 0.1) is 46.7 Å². The van der Waals surface area contributed by atoms with E-state index in [-0.39, 0.29) is 130 Å². The summed E-state index contributed by atoms with van der Waals surface area (Å²) in [5.41, 5.74) is 23.2. The Labute approximate surface area is 751 Å². The third-order valence-corrected chi connectivity index (χ3v) is 20.2. The Balaban J connectivity index is 0.000000179. The number of nitrogen functional groups attached to an aromatic ring is 2. The number of methoxy groups -OCH3 is 4. The molecule has 0 bridgehead atoms. The van der Waals surface area contributed by atoms with Crippen LogP contribution in [0.2, 0.25) is 5.02 Å². The molecular weight excluding hydrogens is 1700 g/mol. The predicted octanol–water partition coefficient (Wildman–Crippen LogP) is 16.6. The van der Waals surface area contributed by atoms with Crippen molar-refractivity contribution in [2.75, 3.05) is 39.9 Å². The Kier molecular flexibility index (Phi) is 33.6. The summed E-state index contributed by atoms with van der Waals surface area (Å²) in [5, 5.41) is 16.8.